The third kappa shape index (κ3) is 3.28. The summed E-state index contributed by atoms with van der Waals surface area (Å²) < 4.78 is 0. The second kappa shape index (κ2) is 7.62. The van der Waals surface area contributed by atoms with Crippen LogP contribution in [0.15, 0.2) is 23.9 Å². The molecule has 0 spiro atoms. The van der Waals surface area contributed by atoms with Crippen molar-refractivity contribution in [1.29, 1.82) is 0 Å². The summed E-state index contributed by atoms with van der Waals surface area (Å²) in [5, 5.41) is 9.55. The van der Waals surface area contributed by atoms with Gasteiger partial charge in [-0.3, -0.25) is 14.5 Å². The number of likely N-dealkylation sites (tertiary alicyclic amines) is 1. The Kier molecular flexibility index (Phi) is 5.47. The first-order valence-corrected chi connectivity index (χ1v) is 9.51. The molecule has 5 nitrogen and oxygen atoms in total. The number of aryl methyl sites for hydroxylation is 2. The Hall–Kier alpha value is -2.14. The molecule has 1 N–H and O–H groups in total. The molecule has 0 radical (unpaired) electrons. The van der Waals surface area contributed by atoms with Gasteiger partial charge < -0.3 is 10.0 Å². The van der Waals surface area contributed by atoms with Crippen LogP contribution in [0.1, 0.15) is 42.9 Å². The number of benzene rings is 1. The number of carbonyl (C=O) groups excluding carboxylic acids is 2. The summed E-state index contributed by atoms with van der Waals surface area (Å²) >= 11 is 0. The summed E-state index contributed by atoms with van der Waals surface area (Å²) in [4.78, 5) is 29.6. The van der Waals surface area contributed by atoms with Crippen molar-refractivity contribution in [2.75, 3.05) is 26.2 Å². The van der Waals surface area contributed by atoms with E-state index in [1.54, 1.807) is 0 Å². The molecule has 0 saturated carbocycles. The molecule has 0 aromatic heterocycles. The lowest BCUT2D eigenvalue weighted by Crippen LogP contribution is -2.40. The zero-order valence-electron chi connectivity index (χ0n) is 15.9. The number of aliphatic hydroxyl groups is 1. The lowest BCUT2D eigenvalue weighted by molar-refractivity contribution is -0.137. The molecular weight excluding hydrogens is 328 g/mol. The summed E-state index contributed by atoms with van der Waals surface area (Å²) in [6.45, 7) is 7.95. The zero-order valence-corrected chi connectivity index (χ0v) is 15.9. The fraction of sp³-hybridized carbons (Fsp3) is 0.524. The molecule has 1 aromatic rings. The van der Waals surface area contributed by atoms with Gasteiger partial charge in [0, 0.05) is 26.2 Å². The highest BCUT2D eigenvalue weighted by molar-refractivity contribution is 6.35. The van der Waals surface area contributed by atoms with E-state index < -0.39 is 0 Å². The van der Waals surface area contributed by atoms with Gasteiger partial charge in [0.1, 0.15) is 5.70 Å². The van der Waals surface area contributed by atoms with Gasteiger partial charge in [0.15, 0.2) is 0 Å². The minimum Gasteiger partial charge on any atom is -0.396 e. The van der Waals surface area contributed by atoms with Crippen LogP contribution in [0.4, 0.5) is 0 Å². The molecule has 1 unspecified atom stereocenters. The topological polar surface area (TPSA) is 60.9 Å². The number of rotatable bonds is 5. The molecule has 2 aliphatic heterocycles. The highest BCUT2D eigenvalue weighted by atomic mass is 16.3. The van der Waals surface area contributed by atoms with Crippen LogP contribution in [0.2, 0.25) is 0 Å². The molecule has 3 rings (SSSR count). The van der Waals surface area contributed by atoms with Crippen molar-refractivity contribution in [3.05, 3.63) is 40.6 Å². The smallest absolute Gasteiger partial charge is 0.277 e. The lowest BCUT2D eigenvalue weighted by atomic mass is 9.96. The van der Waals surface area contributed by atoms with Gasteiger partial charge in [-0.05, 0) is 55.7 Å². The van der Waals surface area contributed by atoms with Gasteiger partial charge in [0.2, 0.25) is 0 Å². The average Bonchev–Trinajstić information content (AvgIpc) is 2.89. The average molecular weight is 356 g/mol. The maximum Gasteiger partial charge on any atom is 0.277 e. The van der Waals surface area contributed by atoms with E-state index in [9.17, 15) is 14.7 Å². The maximum absolute atomic E-state index is 13.1. The van der Waals surface area contributed by atoms with Crippen molar-refractivity contribution in [2.24, 2.45) is 5.92 Å². The second-order valence-corrected chi connectivity index (χ2v) is 7.42. The first-order chi connectivity index (χ1) is 12.5. The molecule has 2 aliphatic rings. The predicted octanol–water partition coefficient (Wildman–Crippen LogP) is 2.50. The Morgan fingerprint density at radius 3 is 2.58 bits per heavy atom. The van der Waals surface area contributed by atoms with Crippen molar-refractivity contribution in [3.8, 4) is 0 Å². The van der Waals surface area contributed by atoms with E-state index in [2.05, 4.69) is 0 Å². The maximum atomic E-state index is 13.1. The van der Waals surface area contributed by atoms with Crippen LogP contribution in [-0.4, -0.2) is 53.0 Å². The molecule has 2 heterocycles. The molecule has 0 bridgehead atoms. The normalized spacial score (nSPS) is 21.2. The van der Waals surface area contributed by atoms with Gasteiger partial charge >= 0.3 is 0 Å². The molecule has 5 heteroatoms. The summed E-state index contributed by atoms with van der Waals surface area (Å²) in [6, 6.07) is 5.94. The van der Waals surface area contributed by atoms with Crippen LogP contribution < -0.4 is 0 Å². The fourth-order valence-electron chi connectivity index (χ4n) is 3.86. The molecule has 1 fully saturated rings. The van der Waals surface area contributed by atoms with Gasteiger partial charge in [-0.1, -0.05) is 25.1 Å². The number of aliphatic hydroxyl groups excluding tert-OH is 1. The number of piperidine rings is 1. The number of imide groups is 1. The van der Waals surface area contributed by atoms with Gasteiger partial charge in [-0.2, -0.15) is 0 Å². The molecule has 1 aromatic carbocycles. The SMILES string of the molecule is CCCN1C(=O)C(c2ccc(C)c(C)c2)=C(N2CCCC(CO)C2)C1=O. The Bertz CT molecular complexity index is 754. The van der Waals surface area contributed by atoms with E-state index in [1.807, 2.05) is 43.9 Å². The van der Waals surface area contributed by atoms with Gasteiger partial charge in [0.05, 0.1) is 5.57 Å². The first kappa shape index (κ1) is 18.6. The highest BCUT2D eigenvalue weighted by Crippen LogP contribution is 2.34. The highest BCUT2D eigenvalue weighted by Gasteiger charge is 2.42. The van der Waals surface area contributed by atoms with E-state index >= 15 is 0 Å². The van der Waals surface area contributed by atoms with Crippen molar-refractivity contribution in [2.45, 2.75) is 40.0 Å². The van der Waals surface area contributed by atoms with E-state index in [0.717, 1.165) is 42.5 Å². The second-order valence-electron chi connectivity index (χ2n) is 7.42. The Morgan fingerprint density at radius 1 is 1.15 bits per heavy atom. The largest absolute Gasteiger partial charge is 0.396 e. The fourth-order valence-corrected chi connectivity index (χ4v) is 3.86. The third-order valence-electron chi connectivity index (χ3n) is 5.48. The van der Waals surface area contributed by atoms with E-state index in [0.29, 0.717) is 24.4 Å². The monoisotopic (exact) mass is 356 g/mol. The third-order valence-corrected chi connectivity index (χ3v) is 5.48. The quantitative estimate of drug-likeness (QED) is 0.824. The van der Waals surface area contributed by atoms with Crippen LogP contribution in [-0.2, 0) is 9.59 Å². The summed E-state index contributed by atoms with van der Waals surface area (Å²) in [6.07, 6.45) is 2.62. The number of nitrogens with zero attached hydrogens (tertiary/aromatic N) is 2. The van der Waals surface area contributed by atoms with Crippen LogP contribution in [0.25, 0.3) is 5.57 Å². The molecule has 1 saturated heterocycles. The molecular formula is C21H28N2O3. The Labute approximate surface area is 155 Å². The molecule has 1 atom stereocenters. The minimum atomic E-state index is -0.193. The van der Waals surface area contributed by atoms with E-state index in [4.69, 9.17) is 0 Å². The van der Waals surface area contributed by atoms with Gasteiger partial charge in [0.25, 0.3) is 11.8 Å². The summed E-state index contributed by atoms with van der Waals surface area (Å²) in [5.74, 6) is -0.231. The molecule has 2 amide bonds. The Balaban J connectivity index is 2.08. The molecule has 26 heavy (non-hydrogen) atoms. The van der Waals surface area contributed by atoms with Crippen LogP contribution >= 0.6 is 0 Å². The van der Waals surface area contributed by atoms with Crippen LogP contribution in [0.3, 0.4) is 0 Å². The molecule has 140 valence electrons. The van der Waals surface area contributed by atoms with Crippen molar-refractivity contribution >= 4 is 17.4 Å². The first-order valence-electron chi connectivity index (χ1n) is 9.51. The van der Waals surface area contributed by atoms with Gasteiger partial charge in [-0.25, -0.2) is 0 Å². The summed E-state index contributed by atoms with van der Waals surface area (Å²) in [5.41, 5.74) is 4.12. The van der Waals surface area contributed by atoms with Crippen molar-refractivity contribution in [3.63, 3.8) is 0 Å². The predicted molar refractivity (Wildman–Crippen MR) is 101 cm³/mol. The van der Waals surface area contributed by atoms with Crippen molar-refractivity contribution < 1.29 is 14.7 Å². The van der Waals surface area contributed by atoms with Crippen LogP contribution in [0.5, 0.6) is 0 Å². The summed E-state index contributed by atoms with van der Waals surface area (Å²) in [7, 11) is 0. The number of hydrogen-bond donors (Lipinski definition) is 1. The minimum absolute atomic E-state index is 0.115. The standard InChI is InChI=1S/C21H28N2O3/c1-4-9-23-20(25)18(17-8-7-14(2)15(3)11-17)19(21(23)26)22-10-5-6-16(12-22)13-24/h7-8,11,16,24H,4-6,9-10,12-13H2,1-3H3. The number of hydrogen-bond acceptors (Lipinski definition) is 4. The molecule has 0 aliphatic carbocycles. The van der Waals surface area contributed by atoms with Crippen molar-refractivity contribution in [1.82, 2.24) is 9.80 Å². The van der Waals surface area contributed by atoms with Gasteiger partial charge in [-0.15, -0.1) is 0 Å². The Morgan fingerprint density at radius 2 is 1.92 bits per heavy atom. The lowest BCUT2D eigenvalue weighted by Gasteiger charge is -2.34. The van der Waals surface area contributed by atoms with E-state index in [-0.39, 0.29) is 24.3 Å². The van der Waals surface area contributed by atoms with Crippen LogP contribution in [0, 0.1) is 19.8 Å². The number of carbonyl (C=O) groups is 2. The number of amides is 2. The zero-order chi connectivity index (χ0) is 18.8. The van der Waals surface area contributed by atoms with E-state index in [1.165, 1.54) is 4.90 Å².